The molecule has 2 aliphatic rings. The van der Waals surface area contributed by atoms with Crippen LogP contribution in [0.25, 0.3) is 0 Å². The van der Waals surface area contributed by atoms with Gasteiger partial charge in [0, 0.05) is 11.1 Å². The zero-order valence-electron chi connectivity index (χ0n) is 16.6. The van der Waals surface area contributed by atoms with E-state index in [1.165, 1.54) is 12.0 Å². The van der Waals surface area contributed by atoms with E-state index in [0.29, 0.717) is 5.92 Å². The van der Waals surface area contributed by atoms with Crippen molar-refractivity contribution in [3.63, 3.8) is 0 Å². The van der Waals surface area contributed by atoms with Crippen molar-refractivity contribution in [1.29, 1.82) is 0 Å². The molecule has 24 heavy (non-hydrogen) atoms. The molecule has 0 aromatic carbocycles. The van der Waals surface area contributed by atoms with Crippen LogP contribution in [0.1, 0.15) is 73.6 Å². The molecule has 3 heteroatoms. The van der Waals surface area contributed by atoms with Gasteiger partial charge in [0.1, 0.15) is 5.76 Å². The first-order valence-electron chi connectivity index (χ1n) is 9.44. The summed E-state index contributed by atoms with van der Waals surface area (Å²) in [6, 6.07) is 0. The summed E-state index contributed by atoms with van der Waals surface area (Å²) >= 11 is 0. The molecule has 0 bridgehead atoms. The lowest BCUT2D eigenvalue weighted by Crippen LogP contribution is -2.62. The predicted molar refractivity (Wildman–Crippen MR) is 99.6 cm³/mol. The number of carbonyl (C=O) groups excluding carboxylic acids is 1. The van der Waals surface area contributed by atoms with Crippen molar-refractivity contribution in [2.45, 2.75) is 84.7 Å². The summed E-state index contributed by atoms with van der Waals surface area (Å²) < 4.78 is 5.62. The van der Waals surface area contributed by atoms with Gasteiger partial charge in [-0.2, -0.15) is 0 Å². The average molecular weight is 334 g/mol. The minimum Gasteiger partial charge on any atom is -0.497 e. The van der Waals surface area contributed by atoms with Gasteiger partial charge >= 0.3 is 0 Å². The molecule has 2 atom stereocenters. The van der Waals surface area contributed by atoms with Crippen LogP contribution in [0.5, 0.6) is 0 Å². The Morgan fingerprint density at radius 3 is 2.38 bits per heavy atom. The number of allylic oxidation sites excluding steroid dienone is 2. The van der Waals surface area contributed by atoms with E-state index in [1.807, 2.05) is 0 Å². The minimum atomic E-state index is -0.107. The van der Waals surface area contributed by atoms with Crippen molar-refractivity contribution in [1.82, 2.24) is 4.90 Å². The second kappa shape index (κ2) is 6.93. The fourth-order valence-electron chi connectivity index (χ4n) is 4.48. The Balaban J connectivity index is 2.27. The largest absolute Gasteiger partial charge is 0.497 e. The van der Waals surface area contributed by atoms with E-state index in [2.05, 4.69) is 58.6 Å². The number of rotatable bonds is 4. The lowest BCUT2D eigenvalue weighted by Gasteiger charge is -2.54. The quantitative estimate of drug-likeness (QED) is 0.718. The maximum absolute atomic E-state index is 13.4. The van der Waals surface area contributed by atoms with E-state index < -0.39 is 0 Å². The molecule has 0 N–H and O–H groups in total. The van der Waals surface area contributed by atoms with Gasteiger partial charge in [0.05, 0.1) is 13.0 Å². The number of carbonyl (C=O) groups is 1. The molecule has 3 nitrogen and oxygen atoms in total. The summed E-state index contributed by atoms with van der Waals surface area (Å²) in [6.07, 6.45) is 9.48. The number of nitrogens with zero attached hydrogens (tertiary/aromatic N) is 1. The van der Waals surface area contributed by atoms with Crippen molar-refractivity contribution in [2.75, 3.05) is 7.11 Å². The summed E-state index contributed by atoms with van der Waals surface area (Å²) in [7, 11) is 1.71. The Morgan fingerprint density at radius 1 is 1.29 bits per heavy atom. The molecule has 0 radical (unpaired) electrons. The Morgan fingerprint density at radius 2 is 1.88 bits per heavy atom. The molecule has 2 rings (SSSR count). The third kappa shape index (κ3) is 3.55. The van der Waals surface area contributed by atoms with E-state index in [4.69, 9.17) is 4.74 Å². The predicted octanol–water partition coefficient (Wildman–Crippen LogP) is 5.08. The van der Waals surface area contributed by atoms with E-state index in [-0.39, 0.29) is 22.9 Å². The second-order valence-corrected chi connectivity index (χ2v) is 8.70. The lowest BCUT2D eigenvalue weighted by molar-refractivity contribution is -0.152. The van der Waals surface area contributed by atoms with Crippen LogP contribution < -0.4 is 0 Å². The maximum Gasteiger partial charge on any atom is 0.230 e. The fourth-order valence-corrected chi connectivity index (χ4v) is 4.48. The molecule has 1 heterocycles. The molecule has 0 aromatic rings. The Hall–Kier alpha value is -1.25. The Labute approximate surface area is 148 Å². The van der Waals surface area contributed by atoms with Crippen molar-refractivity contribution in [2.24, 2.45) is 11.8 Å². The van der Waals surface area contributed by atoms with Crippen molar-refractivity contribution in [3.05, 3.63) is 23.5 Å². The first-order chi connectivity index (χ1) is 11.1. The van der Waals surface area contributed by atoms with E-state index in [9.17, 15) is 4.79 Å². The molecule has 1 aliphatic heterocycles. The fraction of sp³-hybridized carbons (Fsp3) is 0.762. The van der Waals surface area contributed by atoms with Gasteiger partial charge < -0.3 is 9.64 Å². The number of ether oxygens (including phenoxy) is 1. The number of hydrogen-bond donors (Lipinski definition) is 0. The van der Waals surface area contributed by atoms with Gasteiger partial charge in [-0.25, -0.2) is 0 Å². The molecule has 1 fully saturated rings. The highest BCUT2D eigenvalue weighted by molar-refractivity contribution is 5.83. The summed E-state index contributed by atoms with van der Waals surface area (Å²) in [5.41, 5.74) is 1.09. The molecule has 2 unspecified atom stereocenters. The SMILES string of the molecule is CCC(C)C1=CCC(C(=O)N2C(C)(C)CCCC2(C)C)C=C1OC. The maximum atomic E-state index is 13.4. The van der Waals surface area contributed by atoms with Gasteiger partial charge in [0.15, 0.2) is 0 Å². The van der Waals surface area contributed by atoms with Gasteiger partial charge in [0.2, 0.25) is 5.91 Å². The number of amides is 1. The summed E-state index contributed by atoms with van der Waals surface area (Å²) in [5.74, 6) is 1.50. The number of hydrogen-bond acceptors (Lipinski definition) is 2. The summed E-state index contributed by atoms with van der Waals surface area (Å²) in [5, 5.41) is 0. The smallest absolute Gasteiger partial charge is 0.230 e. The third-order valence-electron chi connectivity index (χ3n) is 5.92. The van der Waals surface area contributed by atoms with Crippen molar-refractivity contribution in [3.8, 4) is 0 Å². The topological polar surface area (TPSA) is 29.5 Å². The number of piperidine rings is 1. The summed E-state index contributed by atoms with van der Waals surface area (Å²) in [4.78, 5) is 15.5. The molecular weight excluding hydrogens is 298 g/mol. The van der Waals surface area contributed by atoms with Crippen LogP contribution in [-0.2, 0) is 9.53 Å². The molecule has 136 valence electrons. The highest BCUT2D eigenvalue weighted by atomic mass is 16.5. The third-order valence-corrected chi connectivity index (χ3v) is 5.92. The normalized spacial score (nSPS) is 27.1. The standard InChI is InChI=1S/C21H35NO2/c1-8-15(2)17-11-10-16(14-18(17)24-7)19(23)22-20(3,4)12-9-13-21(22,5)6/h11,14-16H,8-10,12-13H2,1-7H3. The van der Waals surface area contributed by atoms with Crippen LogP contribution in [-0.4, -0.2) is 29.0 Å². The van der Waals surface area contributed by atoms with Gasteiger partial charge in [0.25, 0.3) is 0 Å². The zero-order chi connectivity index (χ0) is 18.1. The average Bonchev–Trinajstić information content (AvgIpc) is 2.51. The molecule has 0 spiro atoms. The minimum absolute atomic E-state index is 0.0827. The number of likely N-dealkylation sites (tertiary alicyclic amines) is 1. The van der Waals surface area contributed by atoms with Crippen LogP contribution in [0.2, 0.25) is 0 Å². The van der Waals surface area contributed by atoms with Gasteiger partial charge in [-0.15, -0.1) is 0 Å². The molecule has 1 amide bonds. The first-order valence-corrected chi connectivity index (χ1v) is 9.44. The Kier molecular flexibility index (Phi) is 5.51. The highest BCUT2D eigenvalue weighted by Crippen LogP contribution is 2.41. The molecular formula is C21H35NO2. The Bertz CT molecular complexity index is 526. The van der Waals surface area contributed by atoms with Crippen molar-refractivity contribution < 1.29 is 9.53 Å². The van der Waals surface area contributed by atoms with Crippen LogP contribution in [0, 0.1) is 11.8 Å². The summed E-state index contributed by atoms with van der Waals surface area (Å²) in [6.45, 7) is 13.2. The van der Waals surface area contributed by atoms with Crippen LogP contribution in [0.15, 0.2) is 23.5 Å². The van der Waals surface area contributed by atoms with Crippen molar-refractivity contribution >= 4 is 5.91 Å². The van der Waals surface area contributed by atoms with Crippen LogP contribution in [0.4, 0.5) is 0 Å². The number of methoxy groups -OCH3 is 1. The van der Waals surface area contributed by atoms with Crippen LogP contribution >= 0.6 is 0 Å². The monoisotopic (exact) mass is 333 g/mol. The molecule has 0 aromatic heterocycles. The molecule has 1 aliphatic carbocycles. The second-order valence-electron chi connectivity index (χ2n) is 8.70. The molecule has 1 saturated heterocycles. The zero-order valence-corrected chi connectivity index (χ0v) is 16.6. The first kappa shape index (κ1) is 19.1. The van der Waals surface area contributed by atoms with Gasteiger partial charge in [-0.3, -0.25) is 4.79 Å². The van der Waals surface area contributed by atoms with Crippen LogP contribution in [0.3, 0.4) is 0 Å². The lowest BCUT2D eigenvalue weighted by atomic mass is 9.78. The molecule has 0 saturated carbocycles. The van der Waals surface area contributed by atoms with Gasteiger partial charge in [-0.1, -0.05) is 19.9 Å². The van der Waals surface area contributed by atoms with E-state index >= 15 is 0 Å². The van der Waals surface area contributed by atoms with Gasteiger partial charge in [-0.05, 0) is 77.4 Å². The van der Waals surface area contributed by atoms with E-state index in [1.54, 1.807) is 7.11 Å². The highest BCUT2D eigenvalue weighted by Gasteiger charge is 2.45. The van der Waals surface area contributed by atoms with E-state index in [0.717, 1.165) is 31.4 Å².